The van der Waals surface area contributed by atoms with Crippen LogP contribution in [0.25, 0.3) is 5.32 Å². The van der Waals surface area contributed by atoms with Gasteiger partial charge in [0.15, 0.2) is 0 Å². The molecule has 6 aliphatic heterocycles. The molecule has 0 spiro atoms. The van der Waals surface area contributed by atoms with E-state index in [0.717, 1.165) is 28.1 Å². The van der Waals surface area contributed by atoms with Gasteiger partial charge in [-0.05, 0) is 155 Å². The monoisotopic (exact) mass is 1660 g/mol. The molecule has 4 atom stereocenters. The molecule has 0 aromatic heterocycles. The average molecular weight is 1660 g/mol. The topological polar surface area (TPSA) is 280 Å². The number of halogens is 8. The van der Waals surface area contributed by atoms with Gasteiger partial charge in [0.2, 0.25) is 11.8 Å². The number of hydrogen-bond donors (Lipinski definition) is 3. The number of epoxide rings is 1. The van der Waals surface area contributed by atoms with Crippen LogP contribution < -0.4 is 71.8 Å². The third-order valence-electron chi connectivity index (χ3n) is 12.7. The van der Waals surface area contributed by atoms with Gasteiger partial charge in [-0.3, -0.25) is 29.1 Å². The van der Waals surface area contributed by atoms with Crippen molar-refractivity contribution in [1.82, 2.24) is 3.11 Å². The number of nitrogens with two attached hydrogens (primary N) is 1. The van der Waals surface area contributed by atoms with Gasteiger partial charge >= 0.3 is 75.6 Å². The van der Waals surface area contributed by atoms with Crippen molar-refractivity contribution in [2.24, 2.45) is 0 Å². The fraction of sp³-hybridized carbons (Fsp3) is 0.302. The normalized spacial score (nSPS) is 17.7. The van der Waals surface area contributed by atoms with Crippen molar-refractivity contribution in [3.05, 3.63) is 192 Å². The van der Waals surface area contributed by atoms with Gasteiger partial charge in [-0.2, -0.15) is 0 Å². The Bertz CT molecular complexity index is 3340. The average Bonchev–Trinajstić information content (AvgIpc) is 1.82. The summed E-state index contributed by atoms with van der Waals surface area (Å²) in [7, 11) is 0. The largest absolute Gasteiger partial charge is 1.00 e. The van der Waals surface area contributed by atoms with Gasteiger partial charge in [0.05, 0.1) is 91.2 Å². The molecule has 30 heteroatoms. The van der Waals surface area contributed by atoms with E-state index in [-0.39, 0.29) is 131 Å². The number of nitrogen functional groups attached to an aromatic ring is 1. The van der Waals surface area contributed by atoms with E-state index in [0.29, 0.717) is 73.4 Å². The molecule has 7 amide bonds. The molecule has 5 saturated heterocycles. The smallest absolute Gasteiger partial charge is 0.587 e. The van der Waals surface area contributed by atoms with Crippen LogP contribution in [-0.4, -0.2) is 132 Å². The number of aliphatic hydroxyl groups is 2. The van der Waals surface area contributed by atoms with E-state index in [1.165, 1.54) is 69.3 Å². The first-order valence-corrected chi connectivity index (χ1v) is 31.2. The quantitative estimate of drug-likeness (QED) is 0.0133. The van der Waals surface area contributed by atoms with Crippen molar-refractivity contribution in [3.63, 3.8) is 0 Å². The number of aryl methyl sites for hydroxylation is 1. The zero-order valence-corrected chi connectivity index (χ0v) is 60.1. The first-order chi connectivity index (χ1) is 43.8. The Morgan fingerprint density at radius 2 is 1.02 bits per heavy atom. The van der Waals surface area contributed by atoms with E-state index in [2.05, 4.69) is 5.32 Å². The van der Waals surface area contributed by atoms with Gasteiger partial charge in [0, 0.05) is 43.2 Å². The van der Waals surface area contributed by atoms with Crippen LogP contribution >= 0.6 is 68.0 Å². The molecule has 0 aliphatic carbocycles. The number of amides is 7. The summed E-state index contributed by atoms with van der Waals surface area (Å²) < 4.78 is 90.5. The van der Waals surface area contributed by atoms with Crippen LogP contribution in [0.1, 0.15) is 72.2 Å². The second kappa shape index (κ2) is 40.4. The molecule has 21 nitrogen and oxygen atoms in total. The molecular weight excluding hydrogens is 1600 g/mol. The Morgan fingerprint density at radius 3 is 1.35 bits per heavy atom. The third kappa shape index (κ3) is 26.6. The minimum atomic E-state index is -0.556. The summed E-state index contributed by atoms with van der Waals surface area (Å²) in [6, 6.07) is 33.9. The number of ether oxygens (including phenoxy) is 5. The van der Waals surface area contributed by atoms with Gasteiger partial charge < -0.3 is 54.5 Å². The molecule has 93 heavy (non-hydrogen) atoms. The van der Waals surface area contributed by atoms with E-state index in [9.17, 15) is 60.3 Å². The number of carbonyl (C=O) groups excluding carboxylic acids is 8. The van der Waals surface area contributed by atoms with Crippen LogP contribution in [0.5, 0.6) is 0 Å². The maximum absolute atomic E-state index is 13.4. The van der Waals surface area contributed by atoms with Gasteiger partial charge in [-0.25, -0.2) is 39.4 Å². The molecule has 492 valence electrons. The molecule has 1 unspecified atom stereocenters. The predicted molar refractivity (Wildman–Crippen MR) is 353 cm³/mol. The second-order valence-electron chi connectivity index (χ2n) is 19.9. The van der Waals surface area contributed by atoms with Crippen molar-refractivity contribution in [3.8, 4) is 0 Å². The molecule has 0 radical (unpaired) electrons. The summed E-state index contributed by atoms with van der Waals surface area (Å²) in [6.07, 6.45) is 0.466. The van der Waals surface area contributed by atoms with E-state index in [1.54, 1.807) is 95.7 Å². The molecule has 6 aromatic rings. The third-order valence-corrected chi connectivity index (χ3v) is 15.6. The van der Waals surface area contributed by atoms with Gasteiger partial charge in [-0.15, -0.1) is 0 Å². The minimum Gasteiger partial charge on any atom is -0.587 e. The first kappa shape index (κ1) is 79.5. The number of aliphatic hydroxyl groups excluding tert-OH is 2. The van der Waals surface area contributed by atoms with Crippen molar-refractivity contribution < 1.29 is 146 Å². The molecular formula is C63H63F5I3KN6O15. The Hall–Kier alpha value is -5.96. The van der Waals surface area contributed by atoms with Gasteiger partial charge in [0.1, 0.15) is 60.1 Å². The number of rotatable bonds is 10. The van der Waals surface area contributed by atoms with Crippen LogP contribution in [0.2, 0.25) is 0 Å². The van der Waals surface area contributed by atoms with Crippen LogP contribution in [0.4, 0.5) is 59.1 Å². The molecule has 5 fully saturated rings. The number of esters is 1. The number of cyclic esters (lactones) is 3. The van der Waals surface area contributed by atoms with Crippen molar-refractivity contribution >= 4 is 139 Å². The van der Waals surface area contributed by atoms with E-state index in [4.69, 9.17) is 39.6 Å². The summed E-state index contributed by atoms with van der Waals surface area (Å²) in [6.45, 7) is 7.50. The Kier molecular flexibility index (Phi) is 34.6. The maximum atomic E-state index is 13.4. The van der Waals surface area contributed by atoms with Crippen molar-refractivity contribution in [2.45, 2.75) is 77.3 Å². The Morgan fingerprint density at radius 1 is 0.591 bits per heavy atom. The predicted octanol–water partition coefficient (Wildman–Crippen LogP) is 9.17. The van der Waals surface area contributed by atoms with Crippen LogP contribution in [0.15, 0.2) is 133 Å². The van der Waals surface area contributed by atoms with Crippen LogP contribution in [-0.2, 0) is 38.1 Å². The maximum Gasteiger partial charge on any atom is 1.00 e. The number of nitrogens with zero attached hydrogens (tertiary/aromatic N) is 5. The van der Waals surface area contributed by atoms with Gasteiger partial charge in [0.25, 0.3) is 0 Å². The number of imide groups is 2. The van der Waals surface area contributed by atoms with Gasteiger partial charge in [-0.1, -0.05) is 62.4 Å². The minimum absolute atomic E-state index is 0. The summed E-state index contributed by atoms with van der Waals surface area (Å²) in [5, 5.41) is 21.0. The van der Waals surface area contributed by atoms with Crippen LogP contribution in [0.3, 0.4) is 0 Å². The number of benzene rings is 6. The Balaban J connectivity index is 0.000000230. The number of carbonyl (C=O) groups is 8. The summed E-state index contributed by atoms with van der Waals surface area (Å²) in [5.41, 5.74) is 8.91. The van der Waals surface area contributed by atoms with Crippen LogP contribution in [0, 0.1) is 43.2 Å². The summed E-state index contributed by atoms with van der Waals surface area (Å²) >= 11 is 5.50. The molecule has 12 rings (SSSR count). The molecule has 6 aromatic carbocycles. The zero-order chi connectivity index (χ0) is 67.6. The van der Waals surface area contributed by atoms with E-state index >= 15 is 0 Å². The molecule has 0 bridgehead atoms. The summed E-state index contributed by atoms with van der Waals surface area (Å²) in [4.78, 5) is 91.8. The van der Waals surface area contributed by atoms with Crippen molar-refractivity contribution in [1.29, 1.82) is 0 Å². The number of fused-ring (bicyclic) bond motifs is 1. The SMILES string of the molecule is CCCC(=O)OCC1CO1.CC[C@H]1CN(c2ccc(I)c(F)c2)C(=O)O1.Cc1cccc(F)c1.Nc1cccc(F)c1.O=C1CCC(=O)N1I.O=C1O[C@@H](CO)CN1c1ccc(I)c(F)c1.O=C1O[C@@H](CO)CN1c1cccc(F)c1.O=C1[N-]C(=O)c2ccccc21.[K+]. The van der Waals surface area contributed by atoms with Crippen molar-refractivity contribution in [2.75, 3.05) is 66.5 Å². The number of hydrogen-bond acceptors (Lipinski definition) is 16. The first-order valence-electron chi connectivity index (χ1n) is 28.1. The molecule has 0 saturated carbocycles. The Labute approximate surface area is 616 Å². The fourth-order valence-electron chi connectivity index (χ4n) is 7.91. The van der Waals surface area contributed by atoms with E-state index < -0.39 is 48.1 Å². The van der Waals surface area contributed by atoms with E-state index in [1.807, 2.05) is 72.0 Å². The second-order valence-corrected chi connectivity index (χ2v) is 23.2. The molecule has 4 N–H and O–H groups in total. The standard InChI is InChI=1S/C11H11FINO2.C10H9FINO3.C10H10FNO3.C8H5NO2.C7H7F.C7H12O3.C6H6FN.C4H4INO2.K/c1-2-8-6-14(11(15)16-8)7-3-4-10(13)9(12)5-7;11-8-3-6(1-2-9(8)12)13-4-7(5-14)16-10(13)15;11-7-2-1-3-8(4-7)12-5-9(6-13)15-10(12)14;10-7-5-3-1-2-4-6(5)8(11)9-7;1-6-3-2-4-7(8)5-6;1-2-3-7(8)10-5-6-4-9-6;7-5-2-1-3-6(8)4-5;5-6-3(7)1-2-4(6)8;/h3-5,8H,2,6H2,1H3;1-3,7,14H,4-5H2;1-4,9,13H,5-6H2;1-4H,(H,9,10,11);2-5H,1H3;6H,2-5H2,1H3;1-4H,8H2;1-2H2;/q;;;;;;;;+1/p-1/t8-;7-;9-;;;;;;/m011....../s1. The number of anilines is 4. The molecule has 6 aliphatic rings. The summed E-state index contributed by atoms with van der Waals surface area (Å²) in [5.74, 6) is -2.66. The fourth-order valence-corrected chi connectivity index (χ4v) is 9.06. The molecule has 6 heterocycles. The zero-order valence-electron chi connectivity index (χ0n) is 50.5.